The molecule has 0 atom stereocenters. The molecule has 0 saturated heterocycles. The first-order chi connectivity index (χ1) is 22.5. The summed E-state index contributed by atoms with van der Waals surface area (Å²) < 4.78 is 8.88. The number of benzene rings is 6. The predicted molar refractivity (Wildman–Crippen MR) is 197 cm³/mol. The monoisotopic (exact) mass is 609 g/mol. The van der Waals surface area contributed by atoms with E-state index in [1.165, 1.54) is 47.6 Å². The maximum Gasteiger partial charge on any atom is 0.135 e. The van der Waals surface area contributed by atoms with Gasteiger partial charge in [-0.15, -0.1) is 11.3 Å². The first kappa shape index (κ1) is 26.1. The second kappa shape index (κ2) is 9.45. The molecule has 0 radical (unpaired) electrons. The van der Waals surface area contributed by atoms with Crippen molar-refractivity contribution >= 4 is 86.9 Å². The lowest BCUT2D eigenvalue weighted by Crippen LogP contribution is -2.18. The van der Waals surface area contributed by atoms with Crippen molar-refractivity contribution in [2.45, 2.75) is 32.1 Å². The molecule has 0 aliphatic heterocycles. The highest BCUT2D eigenvalue weighted by Crippen LogP contribution is 2.52. The number of rotatable bonds is 3. The molecule has 220 valence electrons. The van der Waals surface area contributed by atoms with Crippen LogP contribution in [0.3, 0.4) is 0 Å². The van der Waals surface area contributed by atoms with Crippen molar-refractivity contribution in [1.82, 2.24) is 0 Å². The summed E-state index contributed by atoms with van der Waals surface area (Å²) in [7, 11) is 0. The van der Waals surface area contributed by atoms with E-state index in [2.05, 4.69) is 140 Å². The van der Waals surface area contributed by atoms with Crippen LogP contribution in [0.25, 0.3) is 58.5 Å². The first-order valence-corrected chi connectivity index (χ1v) is 17.0. The standard InChI is InChI=1S/C43H31NOS/c1-43(2)36-13-7-5-11-31(36)33-23-27(16-19-37(33)43)44(28-17-20-39-34(24-28)32-12-6-8-14-38(32)45-39)29-18-22-40-35(25-29)42-30-10-4-3-9-26(30)15-21-41(42)46-40/h3-6,8-12,14-25H,7,13H2,1-2H3. The predicted octanol–water partition coefficient (Wildman–Crippen LogP) is 13.0. The van der Waals surface area contributed by atoms with Gasteiger partial charge in [-0.05, 0) is 101 Å². The normalized spacial score (nSPS) is 15.4. The van der Waals surface area contributed by atoms with E-state index in [4.69, 9.17) is 4.42 Å². The molecule has 0 unspecified atom stereocenters. The van der Waals surface area contributed by atoms with Crippen LogP contribution in [0.1, 0.15) is 37.8 Å². The lowest BCUT2D eigenvalue weighted by Gasteiger charge is -2.28. The van der Waals surface area contributed by atoms with Crippen LogP contribution in [0.2, 0.25) is 0 Å². The third-order valence-electron chi connectivity index (χ3n) is 10.4. The number of nitrogens with zero attached hydrogens (tertiary/aromatic N) is 1. The Balaban J connectivity index is 1.24. The van der Waals surface area contributed by atoms with E-state index in [1.807, 2.05) is 17.4 Å². The van der Waals surface area contributed by atoms with Gasteiger partial charge in [-0.25, -0.2) is 0 Å². The smallest absolute Gasteiger partial charge is 0.135 e. The van der Waals surface area contributed by atoms with Gasteiger partial charge in [0.25, 0.3) is 0 Å². The topological polar surface area (TPSA) is 16.4 Å². The number of fused-ring (bicyclic) bond motifs is 10. The molecule has 46 heavy (non-hydrogen) atoms. The van der Waals surface area contributed by atoms with E-state index >= 15 is 0 Å². The Kier molecular flexibility index (Phi) is 5.37. The van der Waals surface area contributed by atoms with Gasteiger partial charge in [0, 0.05) is 53.4 Å². The summed E-state index contributed by atoms with van der Waals surface area (Å²) in [6.07, 6.45) is 6.95. The Morgan fingerprint density at radius 2 is 1.37 bits per heavy atom. The summed E-state index contributed by atoms with van der Waals surface area (Å²) in [6.45, 7) is 4.78. The zero-order chi connectivity index (χ0) is 30.6. The van der Waals surface area contributed by atoms with Gasteiger partial charge in [-0.3, -0.25) is 0 Å². The molecule has 2 nitrogen and oxygen atoms in total. The van der Waals surface area contributed by atoms with Gasteiger partial charge < -0.3 is 9.32 Å². The van der Waals surface area contributed by atoms with E-state index in [0.29, 0.717) is 0 Å². The molecule has 10 rings (SSSR count). The quantitative estimate of drug-likeness (QED) is 0.198. The number of hydrogen-bond acceptors (Lipinski definition) is 3. The Labute approximate surface area is 271 Å². The molecular weight excluding hydrogens is 579 g/mol. The van der Waals surface area contributed by atoms with E-state index in [0.717, 1.165) is 51.8 Å². The van der Waals surface area contributed by atoms with Crippen LogP contribution in [0.4, 0.5) is 17.1 Å². The lowest BCUT2D eigenvalue weighted by atomic mass is 9.78. The van der Waals surface area contributed by atoms with E-state index in [9.17, 15) is 0 Å². The molecule has 0 spiro atoms. The second-order valence-electron chi connectivity index (χ2n) is 13.2. The van der Waals surface area contributed by atoms with Gasteiger partial charge in [-0.2, -0.15) is 0 Å². The van der Waals surface area contributed by atoms with E-state index in [1.54, 1.807) is 5.57 Å². The number of furan rings is 1. The number of allylic oxidation sites excluding steroid dienone is 4. The SMILES string of the molecule is CC1(C)C2=C(C=CCC2)c2cc(N(c3ccc4oc5ccccc5c4c3)c3ccc4sc5ccc6ccccc6c5c4c3)ccc21. The Morgan fingerprint density at radius 3 is 2.28 bits per heavy atom. The first-order valence-electron chi connectivity index (χ1n) is 16.2. The van der Waals surface area contributed by atoms with Crippen LogP contribution in [-0.4, -0.2) is 0 Å². The summed E-state index contributed by atoms with van der Waals surface area (Å²) in [5.41, 5.74) is 11.1. The minimum Gasteiger partial charge on any atom is -0.456 e. The summed E-state index contributed by atoms with van der Waals surface area (Å²) in [4.78, 5) is 2.44. The zero-order valence-electron chi connectivity index (χ0n) is 25.8. The molecule has 2 aliphatic rings. The fourth-order valence-corrected chi connectivity index (χ4v) is 9.24. The summed E-state index contributed by atoms with van der Waals surface area (Å²) >= 11 is 1.88. The molecular formula is C43H31NOS. The Hall–Kier alpha value is -5.12. The molecule has 6 aromatic carbocycles. The highest BCUT2D eigenvalue weighted by molar-refractivity contribution is 7.26. The van der Waals surface area contributed by atoms with E-state index < -0.39 is 0 Å². The van der Waals surface area contributed by atoms with Gasteiger partial charge in [-0.1, -0.05) is 86.2 Å². The summed E-state index contributed by atoms with van der Waals surface area (Å²) in [6, 6.07) is 42.4. The largest absolute Gasteiger partial charge is 0.456 e. The molecule has 0 fully saturated rings. The van der Waals surface area contributed by atoms with Gasteiger partial charge in [0.1, 0.15) is 11.2 Å². The third kappa shape index (κ3) is 3.64. The number of thiophene rings is 1. The lowest BCUT2D eigenvalue weighted by molar-refractivity contribution is 0.607. The van der Waals surface area contributed by atoms with Crippen LogP contribution in [0.5, 0.6) is 0 Å². The van der Waals surface area contributed by atoms with Gasteiger partial charge in [0.2, 0.25) is 0 Å². The average molecular weight is 610 g/mol. The maximum absolute atomic E-state index is 6.25. The van der Waals surface area contributed by atoms with Crippen molar-refractivity contribution in [3.8, 4) is 0 Å². The van der Waals surface area contributed by atoms with Crippen molar-refractivity contribution in [2.75, 3.05) is 4.90 Å². The van der Waals surface area contributed by atoms with E-state index in [-0.39, 0.29) is 5.41 Å². The molecule has 8 aromatic rings. The van der Waals surface area contributed by atoms with Gasteiger partial charge in [0.15, 0.2) is 0 Å². The molecule has 3 heteroatoms. The molecule has 0 amide bonds. The summed E-state index contributed by atoms with van der Waals surface area (Å²) in [5, 5.41) is 7.51. The molecule has 0 N–H and O–H groups in total. The highest BCUT2D eigenvalue weighted by atomic mass is 32.1. The van der Waals surface area contributed by atoms with Gasteiger partial charge >= 0.3 is 0 Å². The molecule has 2 aromatic heterocycles. The van der Waals surface area contributed by atoms with Crippen molar-refractivity contribution < 1.29 is 4.42 Å². The molecule has 0 bridgehead atoms. The van der Waals surface area contributed by atoms with Crippen molar-refractivity contribution in [3.63, 3.8) is 0 Å². The Bertz CT molecular complexity index is 2630. The number of anilines is 3. The highest BCUT2D eigenvalue weighted by Gasteiger charge is 2.37. The Morgan fingerprint density at radius 1 is 0.652 bits per heavy atom. The third-order valence-corrected chi connectivity index (χ3v) is 11.5. The van der Waals surface area contributed by atoms with Crippen LogP contribution < -0.4 is 4.90 Å². The second-order valence-corrected chi connectivity index (χ2v) is 14.3. The fourth-order valence-electron chi connectivity index (χ4n) is 8.14. The summed E-state index contributed by atoms with van der Waals surface area (Å²) in [5.74, 6) is 0. The number of hydrogen-bond donors (Lipinski definition) is 0. The fraction of sp³-hybridized carbons (Fsp3) is 0.116. The minimum atomic E-state index is 0.0446. The van der Waals surface area contributed by atoms with Crippen LogP contribution in [-0.2, 0) is 5.41 Å². The minimum absolute atomic E-state index is 0.0446. The van der Waals surface area contributed by atoms with Crippen LogP contribution >= 0.6 is 11.3 Å². The van der Waals surface area contributed by atoms with Gasteiger partial charge in [0.05, 0.1) is 0 Å². The molecule has 0 saturated carbocycles. The average Bonchev–Trinajstić information content (AvgIpc) is 3.73. The maximum atomic E-state index is 6.25. The van der Waals surface area contributed by atoms with Crippen LogP contribution in [0.15, 0.2) is 137 Å². The number of para-hydroxylation sites is 1. The van der Waals surface area contributed by atoms with Crippen LogP contribution in [0, 0.1) is 0 Å². The molecule has 2 aliphatic carbocycles. The van der Waals surface area contributed by atoms with Crippen molar-refractivity contribution in [2.24, 2.45) is 0 Å². The zero-order valence-corrected chi connectivity index (χ0v) is 26.6. The van der Waals surface area contributed by atoms with Crippen molar-refractivity contribution in [3.05, 3.63) is 144 Å². The molecule has 2 heterocycles. The van der Waals surface area contributed by atoms with Crippen molar-refractivity contribution in [1.29, 1.82) is 0 Å².